The molecule has 1 aromatic carbocycles. The predicted molar refractivity (Wildman–Crippen MR) is 120 cm³/mol. The summed E-state index contributed by atoms with van der Waals surface area (Å²) in [7, 11) is -6.25. The van der Waals surface area contributed by atoms with Crippen molar-refractivity contribution in [3.05, 3.63) is 42.0 Å². The highest BCUT2D eigenvalue weighted by molar-refractivity contribution is 7.89. The predicted octanol–water partition coefficient (Wildman–Crippen LogP) is 5.03. The van der Waals surface area contributed by atoms with Crippen molar-refractivity contribution in [3.8, 4) is 0 Å². The Morgan fingerprint density at radius 1 is 1.00 bits per heavy atom. The first-order chi connectivity index (χ1) is 13.4. The summed E-state index contributed by atoms with van der Waals surface area (Å²) in [5.74, 6) is -0.465. The Labute approximate surface area is 177 Å². The molecule has 1 aliphatic rings. The molecule has 2 atom stereocenters. The van der Waals surface area contributed by atoms with E-state index in [4.69, 9.17) is 4.43 Å². The maximum atomic E-state index is 13.2. The van der Waals surface area contributed by atoms with Crippen LogP contribution in [0.25, 0.3) is 0 Å². The van der Waals surface area contributed by atoms with Gasteiger partial charge in [-0.2, -0.15) is 0 Å². The average molecular weight is 438 g/mol. The van der Waals surface area contributed by atoms with Crippen molar-refractivity contribution in [2.45, 2.75) is 89.1 Å². The van der Waals surface area contributed by atoms with Crippen LogP contribution in [0.15, 0.2) is 41.3 Å². The largest absolute Gasteiger partial charge is 0.402 e. The van der Waals surface area contributed by atoms with E-state index in [0.717, 1.165) is 9.87 Å². The van der Waals surface area contributed by atoms with Gasteiger partial charge in [0.15, 0.2) is 6.10 Å². The van der Waals surface area contributed by atoms with Crippen LogP contribution >= 0.6 is 0 Å². The van der Waals surface area contributed by atoms with Gasteiger partial charge in [-0.15, -0.1) is 0 Å². The standard InChI is InChI=1S/C22H35NO4SSi/c1-9-10-20-21(27-29(15(2)3,16(4)5)17(6)7)22(24)23(20)28(25,26)19-13-11-18(8)12-14-19/h9-17,20-21H,1-8H3/b10-9+/t20-,21-/m1/s1. The monoisotopic (exact) mass is 437 g/mol. The van der Waals surface area contributed by atoms with Gasteiger partial charge >= 0.3 is 0 Å². The first-order valence-electron chi connectivity index (χ1n) is 10.4. The van der Waals surface area contributed by atoms with Gasteiger partial charge in [-0.3, -0.25) is 4.79 Å². The lowest BCUT2D eigenvalue weighted by Crippen LogP contribution is -2.69. The highest BCUT2D eigenvalue weighted by Crippen LogP contribution is 2.45. The summed E-state index contributed by atoms with van der Waals surface area (Å²) in [4.78, 5) is 13.2. The van der Waals surface area contributed by atoms with E-state index in [0.29, 0.717) is 16.6 Å². The van der Waals surface area contributed by atoms with Crippen LogP contribution in [-0.2, 0) is 19.2 Å². The molecule has 0 aromatic heterocycles. The quantitative estimate of drug-likeness (QED) is 0.325. The Hall–Kier alpha value is -1.44. The van der Waals surface area contributed by atoms with Crippen LogP contribution in [0, 0.1) is 6.92 Å². The molecule has 0 unspecified atom stereocenters. The van der Waals surface area contributed by atoms with Crippen LogP contribution in [-0.4, -0.2) is 39.1 Å². The van der Waals surface area contributed by atoms with E-state index in [2.05, 4.69) is 41.5 Å². The molecule has 0 saturated carbocycles. The minimum absolute atomic E-state index is 0.129. The number of hydrogen-bond donors (Lipinski definition) is 0. The molecule has 5 nitrogen and oxygen atoms in total. The third-order valence-corrected chi connectivity index (χ3v) is 13.9. The molecule has 0 radical (unpaired) electrons. The van der Waals surface area contributed by atoms with Crippen molar-refractivity contribution in [2.75, 3.05) is 0 Å². The summed E-state index contributed by atoms with van der Waals surface area (Å²) in [6, 6.07) is 5.97. The number of benzene rings is 1. The summed E-state index contributed by atoms with van der Waals surface area (Å²) in [5, 5.41) is 0. The lowest BCUT2D eigenvalue weighted by Gasteiger charge is -2.51. The minimum atomic E-state index is -3.92. The Kier molecular flexibility index (Phi) is 7.18. The van der Waals surface area contributed by atoms with Gasteiger partial charge < -0.3 is 4.43 Å². The molecule has 0 N–H and O–H groups in total. The molecule has 1 aliphatic heterocycles. The van der Waals surface area contributed by atoms with Gasteiger partial charge in [0.2, 0.25) is 8.32 Å². The molecular formula is C22H35NO4SSi. The fraction of sp³-hybridized carbons (Fsp3) is 0.591. The summed E-state index contributed by atoms with van der Waals surface area (Å²) < 4.78 is 34.0. The van der Waals surface area contributed by atoms with E-state index in [9.17, 15) is 13.2 Å². The van der Waals surface area contributed by atoms with E-state index in [-0.39, 0.29) is 4.90 Å². The Morgan fingerprint density at radius 2 is 1.48 bits per heavy atom. The van der Waals surface area contributed by atoms with Crippen molar-refractivity contribution < 1.29 is 17.6 Å². The molecule has 29 heavy (non-hydrogen) atoms. The van der Waals surface area contributed by atoms with Crippen LogP contribution in [0.4, 0.5) is 0 Å². The van der Waals surface area contributed by atoms with E-state index >= 15 is 0 Å². The summed E-state index contributed by atoms with van der Waals surface area (Å²) >= 11 is 0. The molecule has 1 heterocycles. The third-order valence-electron chi connectivity index (χ3n) is 6.05. The second-order valence-electron chi connectivity index (χ2n) is 8.82. The number of amides is 1. The number of sulfonamides is 1. The highest BCUT2D eigenvalue weighted by atomic mass is 32.2. The van der Waals surface area contributed by atoms with Crippen molar-refractivity contribution in [2.24, 2.45) is 0 Å². The summed E-state index contributed by atoms with van der Waals surface area (Å²) in [6.45, 7) is 16.6. The second kappa shape index (κ2) is 8.74. The minimum Gasteiger partial charge on any atom is -0.402 e. The van der Waals surface area contributed by atoms with E-state index in [1.165, 1.54) is 0 Å². The van der Waals surface area contributed by atoms with Gasteiger partial charge in [-0.05, 0) is 42.6 Å². The number of hydrogen-bond acceptors (Lipinski definition) is 4. The molecule has 1 saturated heterocycles. The molecule has 1 amide bonds. The van der Waals surface area contributed by atoms with Gasteiger partial charge in [0.05, 0.1) is 4.90 Å². The molecule has 0 spiro atoms. The number of aryl methyl sites for hydroxylation is 1. The van der Waals surface area contributed by atoms with E-state index in [1.54, 1.807) is 36.4 Å². The van der Waals surface area contributed by atoms with E-state index in [1.807, 2.05) is 13.8 Å². The molecule has 2 rings (SSSR count). The van der Waals surface area contributed by atoms with Crippen LogP contribution in [0.5, 0.6) is 0 Å². The Bertz CT molecular complexity index is 838. The maximum absolute atomic E-state index is 13.2. The van der Waals surface area contributed by atoms with Gasteiger partial charge in [0, 0.05) is 0 Å². The van der Waals surface area contributed by atoms with Crippen molar-refractivity contribution in [1.82, 2.24) is 4.31 Å². The van der Waals surface area contributed by atoms with Crippen molar-refractivity contribution in [3.63, 3.8) is 0 Å². The van der Waals surface area contributed by atoms with Crippen molar-refractivity contribution >= 4 is 24.2 Å². The molecule has 1 aromatic rings. The third kappa shape index (κ3) is 4.09. The first-order valence-corrected chi connectivity index (χ1v) is 13.9. The van der Waals surface area contributed by atoms with Crippen LogP contribution in [0.1, 0.15) is 54.0 Å². The van der Waals surface area contributed by atoms with Crippen LogP contribution < -0.4 is 0 Å². The maximum Gasteiger partial charge on any atom is 0.267 e. The Morgan fingerprint density at radius 3 is 1.90 bits per heavy atom. The number of allylic oxidation sites excluding steroid dienone is 1. The van der Waals surface area contributed by atoms with Gasteiger partial charge in [-0.1, -0.05) is 71.4 Å². The summed E-state index contributed by atoms with van der Waals surface area (Å²) in [5.41, 5.74) is 1.89. The number of nitrogens with zero attached hydrogens (tertiary/aromatic N) is 1. The van der Waals surface area contributed by atoms with Gasteiger partial charge in [0.1, 0.15) is 6.04 Å². The lowest BCUT2D eigenvalue weighted by atomic mass is 10.0. The zero-order chi connectivity index (χ0) is 22.1. The zero-order valence-electron chi connectivity index (χ0n) is 18.8. The van der Waals surface area contributed by atoms with Gasteiger partial charge in [-0.25, -0.2) is 12.7 Å². The normalized spacial score (nSPS) is 20.9. The van der Waals surface area contributed by atoms with Crippen molar-refractivity contribution in [1.29, 1.82) is 0 Å². The number of carbonyl (C=O) groups is 1. The molecule has 0 bridgehead atoms. The number of β-lactam (4-membered cyclic amide) rings is 1. The second-order valence-corrected chi connectivity index (χ2v) is 16.0. The number of rotatable bonds is 8. The zero-order valence-corrected chi connectivity index (χ0v) is 20.7. The molecule has 162 valence electrons. The molecule has 1 fully saturated rings. The average Bonchev–Trinajstić information content (AvgIpc) is 2.61. The molecule has 7 heteroatoms. The molecule has 0 aliphatic carbocycles. The fourth-order valence-electron chi connectivity index (χ4n) is 4.69. The fourth-order valence-corrected chi connectivity index (χ4v) is 11.7. The topological polar surface area (TPSA) is 63.7 Å². The van der Waals surface area contributed by atoms with E-state index < -0.39 is 36.4 Å². The van der Waals surface area contributed by atoms with Gasteiger partial charge in [0.25, 0.3) is 15.9 Å². The first kappa shape index (κ1) is 23.8. The number of carbonyl (C=O) groups excluding carboxylic acids is 1. The molecular weight excluding hydrogens is 402 g/mol. The SMILES string of the molecule is C/C=C/[C@@H]1[C@@H](O[Si](C(C)C)(C(C)C)C(C)C)C(=O)N1S(=O)(=O)c1ccc(C)cc1. The highest BCUT2D eigenvalue weighted by Gasteiger charge is 2.58. The lowest BCUT2D eigenvalue weighted by molar-refractivity contribution is -0.150. The van der Waals surface area contributed by atoms with Crippen LogP contribution in [0.3, 0.4) is 0 Å². The summed E-state index contributed by atoms with van der Waals surface area (Å²) in [6.07, 6.45) is 2.80. The smallest absolute Gasteiger partial charge is 0.267 e. The Balaban J connectivity index is 2.43. The van der Waals surface area contributed by atoms with Crippen LogP contribution in [0.2, 0.25) is 16.6 Å².